The standard InChI is InChI=1S/C48H28N4S/c1-2-14-31-28-32(25-24-29(31)12-1)51-39-21-8-5-17-34(39)36-26-27-41-43(46(36)51)37-18-6-9-22-40(37)52(41)48-49-44(35-20-11-15-30-13-3-4-16-33(30)35)47-45(50-48)38-19-7-10-23-42(38)53-47/h1-28H. The summed E-state index contributed by atoms with van der Waals surface area (Å²) in [6.45, 7) is 0. The predicted molar refractivity (Wildman–Crippen MR) is 224 cm³/mol. The highest BCUT2D eigenvalue weighted by Gasteiger charge is 2.24. The molecule has 53 heavy (non-hydrogen) atoms. The number of hydrogen-bond acceptors (Lipinski definition) is 3. The molecule has 4 nitrogen and oxygen atoms in total. The number of fused-ring (bicyclic) bond motifs is 12. The van der Waals surface area contributed by atoms with E-state index in [1.807, 2.05) is 0 Å². The first kappa shape index (κ1) is 28.8. The molecule has 0 aliphatic rings. The Hall–Kier alpha value is -6.82. The largest absolute Gasteiger partial charge is 0.309 e. The summed E-state index contributed by atoms with van der Waals surface area (Å²) in [4.78, 5) is 11.0. The van der Waals surface area contributed by atoms with E-state index in [9.17, 15) is 0 Å². The molecule has 12 aromatic rings. The van der Waals surface area contributed by atoms with Crippen LogP contribution in [0.25, 0.3) is 108 Å². The molecule has 4 heterocycles. The minimum Gasteiger partial charge on any atom is -0.309 e. The summed E-state index contributed by atoms with van der Waals surface area (Å²) in [7, 11) is 0. The quantitative estimate of drug-likeness (QED) is 0.185. The number of hydrogen-bond donors (Lipinski definition) is 0. The van der Waals surface area contributed by atoms with Crippen molar-refractivity contribution >= 4 is 96.8 Å². The molecule has 0 N–H and O–H groups in total. The van der Waals surface area contributed by atoms with Gasteiger partial charge in [-0.25, -0.2) is 9.97 Å². The first-order valence-corrected chi connectivity index (χ1v) is 18.7. The van der Waals surface area contributed by atoms with Crippen LogP contribution in [0.4, 0.5) is 0 Å². The first-order valence-electron chi connectivity index (χ1n) is 17.9. The molecule has 8 aromatic carbocycles. The van der Waals surface area contributed by atoms with E-state index in [0.717, 1.165) is 43.6 Å². The molecule has 4 aromatic heterocycles. The molecule has 0 fully saturated rings. The molecule has 0 aliphatic heterocycles. The average molecular weight is 693 g/mol. The molecule has 0 bridgehead atoms. The molecule has 12 rings (SSSR count). The lowest BCUT2D eigenvalue weighted by Gasteiger charge is -2.12. The van der Waals surface area contributed by atoms with Crippen LogP contribution in [-0.4, -0.2) is 19.1 Å². The monoisotopic (exact) mass is 692 g/mol. The van der Waals surface area contributed by atoms with Gasteiger partial charge < -0.3 is 4.57 Å². The molecular formula is C48H28N4S. The molecule has 246 valence electrons. The third kappa shape index (κ3) is 4.05. The minimum absolute atomic E-state index is 0.669. The highest BCUT2D eigenvalue weighted by atomic mass is 32.1. The van der Waals surface area contributed by atoms with Crippen molar-refractivity contribution in [2.45, 2.75) is 0 Å². The maximum absolute atomic E-state index is 5.55. The van der Waals surface area contributed by atoms with Gasteiger partial charge in [-0.3, -0.25) is 4.57 Å². The van der Waals surface area contributed by atoms with Gasteiger partial charge in [-0.05, 0) is 57.9 Å². The van der Waals surface area contributed by atoms with Crippen molar-refractivity contribution in [1.82, 2.24) is 19.1 Å². The summed E-state index contributed by atoms with van der Waals surface area (Å²) >= 11 is 1.77. The van der Waals surface area contributed by atoms with E-state index in [0.29, 0.717) is 5.95 Å². The van der Waals surface area contributed by atoms with Gasteiger partial charge in [0.15, 0.2) is 0 Å². The van der Waals surface area contributed by atoms with Crippen LogP contribution >= 0.6 is 11.3 Å². The van der Waals surface area contributed by atoms with Crippen molar-refractivity contribution in [3.8, 4) is 22.9 Å². The number of benzene rings is 8. The van der Waals surface area contributed by atoms with Crippen LogP contribution in [0.5, 0.6) is 0 Å². The second kappa shape index (κ2) is 10.8. The summed E-state index contributed by atoms with van der Waals surface area (Å²) < 4.78 is 7.05. The maximum atomic E-state index is 5.55. The zero-order valence-electron chi connectivity index (χ0n) is 28.4. The van der Waals surface area contributed by atoms with E-state index in [4.69, 9.17) is 9.97 Å². The highest BCUT2D eigenvalue weighted by Crippen LogP contribution is 2.44. The molecule has 0 amide bonds. The van der Waals surface area contributed by atoms with Crippen molar-refractivity contribution in [3.63, 3.8) is 0 Å². The van der Waals surface area contributed by atoms with Crippen LogP contribution in [0.2, 0.25) is 0 Å². The molecule has 0 saturated carbocycles. The molecule has 0 atom stereocenters. The SMILES string of the molecule is c1ccc2cc(-n3c4ccccc4c4ccc5c(c6ccccc6n5-c5nc(-c6cccc7ccccc67)c6sc7ccccc7c6n5)c43)ccc2c1. The number of thiophene rings is 1. The molecular weight excluding hydrogens is 665 g/mol. The smallest absolute Gasteiger partial charge is 0.235 e. The number of rotatable bonds is 3. The first-order chi connectivity index (χ1) is 26.3. The summed E-state index contributed by atoms with van der Waals surface area (Å²) in [5.41, 5.74) is 8.71. The van der Waals surface area contributed by atoms with E-state index in [-0.39, 0.29) is 0 Å². The molecule has 0 unspecified atom stereocenters. The summed E-state index contributed by atoms with van der Waals surface area (Å²) in [5.74, 6) is 0.669. The van der Waals surface area contributed by atoms with Crippen molar-refractivity contribution in [3.05, 3.63) is 170 Å². The van der Waals surface area contributed by atoms with Crippen LogP contribution in [-0.2, 0) is 0 Å². The lowest BCUT2D eigenvalue weighted by atomic mass is 10.0. The van der Waals surface area contributed by atoms with Crippen LogP contribution < -0.4 is 0 Å². The van der Waals surface area contributed by atoms with Gasteiger partial charge in [0.05, 0.1) is 38.0 Å². The summed E-state index contributed by atoms with van der Waals surface area (Å²) in [5, 5.41) is 10.8. The second-order valence-corrected chi connectivity index (χ2v) is 14.8. The highest BCUT2D eigenvalue weighted by molar-refractivity contribution is 7.26. The van der Waals surface area contributed by atoms with Gasteiger partial charge in [-0.2, -0.15) is 0 Å². The van der Waals surface area contributed by atoms with Gasteiger partial charge in [0.25, 0.3) is 0 Å². The van der Waals surface area contributed by atoms with Gasteiger partial charge in [-0.1, -0.05) is 133 Å². The fourth-order valence-electron chi connectivity index (χ4n) is 8.60. The summed E-state index contributed by atoms with van der Waals surface area (Å²) in [6, 6.07) is 61.2. The Morgan fingerprint density at radius 1 is 0.434 bits per heavy atom. The molecule has 5 heteroatoms. The fourth-order valence-corrected chi connectivity index (χ4v) is 9.75. The Morgan fingerprint density at radius 2 is 1.11 bits per heavy atom. The van der Waals surface area contributed by atoms with E-state index in [2.05, 4.69) is 179 Å². The van der Waals surface area contributed by atoms with Crippen molar-refractivity contribution in [2.24, 2.45) is 0 Å². The minimum atomic E-state index is 0.669. The zero-order valence-corrected chi connectivity index (χ0v) is 29.2. The van der Waals surface area contributed by atoms with E-state index < -0.39 is 0 Å². The Morgan fingerprint density at radius 3 is 1.98 bits per heavy atom. The lowest BCUT2D eigenvalue weighted by molar-refractivity contribution is 1.02. The summed E-state index contributed by atoms with van der Waals surface area (Å²) in [6.07, 6.45) is 0. The van der Waals surface area contributed by atoms with E-state index in [1.165, 1.54) is 58.8 Å². The Labute approximate surface area is 307 Å². The number of nitrogens with zero attached hydrogens (tertiary/aromatic N) is 4. The zero-order chi connectivity index (χ0) is 34.6. The number of para-hydroxylation sites is 2. The van der Waals surface area contributed by atoms with Crippen molar-refractivity contribution in [1.29, 1.82) is 0 Å². The third-order valence-electron chi connectivity index (χ3n) is 10.9. The average Bonchev–Trinajstić information content (AvgIpc) is 3.88. The van der Waals surface area contributed by atoms with Gasteiger partial charge in [0.2, 0.25) is 5.95 Å². The molecule has 0 aliphatic carbocycles. The van der Waals surface area contributed by atoms with Gasteiger partial charge in [0.1, 0.15) is 0 Å². The van der Waals surface area contributed by atoms with Crippen LogP contribution in [0.1, 0.15) is 0 Å². The van der Waals surface area contributed by atoms with Gasteiger partial charge in [0, 0.05) is 42.9 Å². The van der Waals surface area contributed by atoms with Crippen LogP contribution in [0, 0.1) is 0 Å². The van der Waals surface area contributed by atoms with E-state index >= 15 is 0 Å². The van der Waals surface area contributed by atoms with Gasteiger partial charge in [-0.15, -0.1) is 11.3 Å². The Kier molecular flexibility index (Phi) is 5.90. The topological polar surface area (TPSA) is 35.6 Å². The van der Waals surface area contributed by atoms with Crippen LogP contribution in [0.15, 0.2) is 170 Å². The normalized spacial score (nSPS) is 12.2. The predicted octanol–water partition coefficient (Wildman–Crippen LogP) is 13.0. The molecule has 0 saturated heterocycles. The Bertz CT molecular complexity index is 3470. The Balaban J connectivity index is 1.24. The van der Waals surface area contributed by atoms with Crippen LogP contribution in [0.3, 0.4) is 0 Å². The molecule has 0 radical (unpaired) electrons. The third-order valence-corrected chi connectivity index (χ3v) is 12.1. The van der Waals surface area contributed by atoms with Crippen molar-refractivity contribution in [2.75, 3.05) is 0 Å². The fraction of sp³-hybridized carbons (Fsp3) is 0. The lowest BCUT2D eigenvalue weighted by Crippen LogP contribution is -2.03. The van der Waals surface area contributed by atoms with Gasteiger partial charge >= 0.3 is 0 Å². The van der Waals surface area contributed by atoms with E-state index in [1.54, 1.807) is 11.3 Å². The maximum Gasteiger partial charge on any atom is 0.235 e. The number of aromatic nitrogens is 4. The molecule has 0 spiro atoms. The second-order valence-electron chi connectivity index (χ2n) is 13.8. The van der Waals surface area contributed by atoms with Crippen molar-refractivity contribution < 1.29 is 0 Å².